The maximum absolute atomic E-state index is 11.7. The minimum atomic E-state index is 0.0473. The Labute approximate surface area is 132 Å². The topological polar surface area (TPSA) is 59.6 Å². The number of amides is 1. The van der Waals surface area contributed by atoms with Crippen LogP contribution in [0.25, 0.3) is 0 Å². The largest absolute Gasteiger partial charge is 0.493 e. The molecule has 0 unspecified atom stereocenters. The first-order valence-corrected chi connectivity index (χ1v) is 8.03. The number of hydrogen-bond acceptors (Lipinski definition) is 4. The molecule has 1 saturated heterocycles. The zero-order valence-electron chi connectivity index (χ0n) is 13.3. The molecule has 1 aliphatic rings. The number of anilines is 1. The number of hydrogen-bond donors (Lipinski definition) is 2. The van der Waals surface area contributed by atoms with Crippen molar-refractivity contribution in [2.24, 2.45) is 5.92 Å². The summed E-state index contributed by atoms with van der Waals surface area (Å²) in [4.78, 5) is 11.7. The van der Waals surface area contributed by atoms with E-state index in [1.807, 2.05) is 31.3 Å². The van der Waals surface area contributed by atoms with Crippen LogP contribution in [-0.2, 0) is 9.53 Å². The third kappa shape index (κ3) is 6.03. The summed E-state index contributed by atoms with van der Waals surface area (Å²) in [5.41, 5.74) is 0.813. The quantitative estimate of drug-likeness (QED) is 0.724. The predicted molar refractivity (Wildman–Crippen MR) is 87.3 cm³/mol. The molecule has 1 fully saturated rings. The van der Waals surface area contributed by atoms with E-state index in [2.05, 4.69) is 10.6 Å². The van der Waals surface area contributed by atoms with Crippen LogP contribution >= 0.6 is 0 Å². The van der Waals surface area contributed by atoms with Crippen LogP contribution in [0.1, 0.15) is 25.7 Å². The second-order valence-electron chi connectivity index (χ2n) is 5.65. The minimum Gasteiger partial charge on any atom is -0.493 e. The standard InChI is InChI=1S/C17H26N2O3/c1-18-10-2-3-17(20)19-15-4-6-16(7-5-15)22-13-14-8-11-21-12-9-14/h4-7,14,18H,2-3,8-13H2,1H3,(H,19,20). The molecule has 1 aromatic carbocycles. The van der Waals surface area contributed by atoms with Crippen LogP contribution in [0.2, 0.25) is 0 Å². The average Bonchev–Trinajstić information content (AvgIpc) is 2.55. The lowest BCUT2D eigenvalue weighted by Crippen LogP contribution is -2.21. The second kappa shape index (κ2) is 9.43. The fraction of sp³-hybridized carbons (Fsp3) is 0.588. The van der Waals surface area contributed by atoms with Crippen LogP contribution in [0.5, 0.6) is 5.75 Å². The van der Waals surface area contributed by atoms with Gasteiger partial charge in [0.25, 0.3) is 0 Å². The molecule has 2 rings (SSSR count). The number of nitrogens with one attached hydrogen (secondary N) is 2. The summed E-state index contributed by atoms with van der Waals surface area (Å²) in [6.07, 6.45) is 3.51. The summed E-state index contributed by atoms with van der Waals surface area (Å²) in [6, 6.07) is 7.58. The number of ether oxygens (including phenoxy) is 2. The Morgan fingerprint density at radius 2 is 2.00 bits per heavy atom. The van der Waals surface area contributed by atoms with Crippen LogP contribution in [-0.4, -0.2) is 39.3 Å². The molecule has 22 heavy (non-hydrogen) atoms. The number of carbonyl (C=O) groups is 1. The SMILES string of the molecule is CNCCCC(=O)Nc1ccc(OCC2CCOCC2)cc1. The highest BCUT2D eigenvalue weighted by atomic mass is 16.5. The molecule has 0 atom stereocenters. The Bertz CT molecular complexity index is 442. The first kappa shape index (κ1) is 16.8. The molecule has 0 aromatic heterocycles. The van der Waals surface area contributed by atoms with E-state index < -0.39 is 0 Å². The van der Waals surface area contributed by atoms with E-state index in [0.29, 0.717) is 12.3 Å². The molecule has 0 aliphatic carbocycles. The normalized spacial score (nSPS) is 15.5. The lowest BCUT2D eigenvalue weighted by Gasteiger charge is -2.22. The average molecular weight is 306 g/mol. The summed E-state index contributed by atoms with van der Waals surface area (Å²) < 4.78 is 11.1. The monoisotopic (exact) mass is 306 g/mol. The molecule has 0 bridgehead atoms. The number of carbonyl (C=O) groups excluding carboxylic acids is 1. The van der Waals surface area contributed by atoms with Gasteiger partial charge in [-0.1, -0.05) is 0 Å². The number of benzene rings is 1. The van der Waals surface area contributed by atoms with Gasteiger partial charge in [0.05, 0.1) is 6.61 Å². The summed E-state index contributed by atoms with van der Waals surface area (Å²) >= 11 is 0. The van der Waals surface area contributed by atoms with Gasteiger partial charge in [-0.2, -0.15) is 0 Å². The third-order valence-corrected chi connectivity index (χ3v) is 3.80. The Hall–Kier alpha value is -1.59. The van der Waals surface area contributed by atoms with Gasteiger partial charge in [0, 0.05) is 25.3 Å². The zero-order chi connectivity index (χ0) is 15.6. The zero-order valence-corrected chi connectivity index (χ0v) is 13.3. The summed E-state index contributed by atoms with van der Waals surface area (Å²) in [6.45, 7) is 3.27. The van der Waals surface area contributed by atoms with Crippen molar-refractivity contribution in [3.63, 3.8) is 0 Å². The first-order valence-electron chi connectivity index (χ1n) is 8.03. The van der Waals surface area contributed by atoms with Crippen molar-refractivity contribution in [3.05, 3.63) is 24.3 Å². The fourth-order valence-corrected chi connectivity index (χ4v) is 2.41. The van der Waals surface area contributed by atoms with Crippen molar-refractivity contribution < 1.29 is 14.3 Å². The lowest BCUT2D eigenvalue weighted by atomic mass is 10.0. The Kier molecular flexibility index (Phi) is 7.19. The Morgan fingerprint density at radius 3 is 2.68 bits per heavy atom. The molecule has 5 heteroatoms. The van der Waals surface area contributed by atoms with Gasteiger partial charge in [-0.05, 0) is 63.0 Å². The molecule has 0 saturated carbocycles. The maximum atomic E-state index is 11.7. The van der Waals surface area contributed by atoms with E-state index in [1.54, 1.807) is 0 Å². The van der Waals surface area contributed by atoms with Crippen LogP contribution in [0, 0.1) is 5.92 Å². The van der Waals surface area contributed by atoms with Crippen molar-refractivity contribution in [2.75, 3.05) is 38.7 Å². The van der Waals surface area contributed by atoms with Gasteiger partial charge in [-0.15, -0.1) is 0 Å². The van der Waals surface area contributed by atoms with Crippen molar-refractivity contribution >= 4 is 11.6 Å². The Balaban J connectivity index is 1.71. The van der Waals surface area contributed by atoms with E-state index in [1.165, 1.54) is 0 Å². The van der Waals surface area contributed by atoms with Crippen LogP contribution in [0.3, 0.4) is 0 Å². The van der Waals surface area contributed by atoms with Crippen LogP contribution < -0.4 is 15.4 Å². The van der Waals surface area contributed by atoms with E-state index in [-0.39, 0.29) is 5.91 Å². The van der Waals surface area contributed by atoms with Gasteiger partial charge >= 0.3 is 0 Å². The van der Waals surface area contributed by atoms with Crippen LogP contribution in [0.15, 0.2) is 24.3 Å². The molecule has 5 nitrogen and oxygen atoms in total. The van der Waals surface area contributed by atoms with Crippen molar-refractivity contribution in [3.8, 4) is 5.75 Å². The van der Waals surface area contributed by atoms with Gasteiger partial charge in [0.1, 0.15) is 5.75 Å². The molecule has 1 aliphatic heterocycles. The highest BCUT2D eigenvalue weighted by molar-refractivity contribution is 5.90. The smallest absolute Gasteiger partial charge is 0.224 e. The van der Waals surface area contributed by atoms with Gasteiger partial charge in [-0.3, -0.25) is 4.79 Å². The van der Waals surface area contributed by atoms with E-state index in [9.17, 15) is 4.79 Å². The molecule has 0 radical (unpaired) electrons. The van der Waals surface area contributed by atoms with Crippen molar-refractivity contribution in [1.29, 1.82) is 0 Å². The molecule has 1 amide bonds. The molecular weight excluding hydrogens is 280 g/mol. The molecular formula is C17H26N2O3. The molecule has 2 N–H and O–H groups in total. The van der Waals surface area contributed by atoms with E-state index in [4.69, 9.17) is 9.47 Å². The van der Waals surface area contributed by atoms with E-state index in [0.717, 1.165) is 57.1 Å². The van der Waals surface area contributed by atoms with Crippen LogP contribution in [0.4, 0.5) is 5.69 Å². The van der Waals surface area contributed by atoms with Gasteiger partial charge in [-0.25, -0.2) is 0 Å². The highest BCUT2D eigenvalue weighted by Gasteiger charge is 2.14. The van der Waals surface area contributed by atoms with E-state index >= 15 is 0 Å². The maximum Gasteiger partial charge on any atom is 0.224 e. The molecule has 0 spiro atoms. The van der Waals surface area contributed by atoms with Gasteiger partial charge < -0.3 is 20.1 Å². The predicted octanol–water partition coefficient (Wildman–Crippen LogP) is 2.43. The lowest BCUT2D eigenvalue weighted by molar-refractivity contribution is -0.116. The minimum absolute atomic E-state index is 0.0473. The molecule has 1 aromatic rings. The highest BCUT2D eigenvalue weighted by Crippen LogP contribution is 2.19. The third-order valence-electron chi connectivity index (χ3n) is 3.80. The summed E-state index contributed by atoms with van der Waals surface area (Å²) in [5.74, 6) is 1.48. The second-order valence-corrected chi connectivity index (χ2v) is 5.65. The van der Waals surface area contributed by atoms with Crippen molar-refractivity contribution in [2.45, 2.75) is 25.7 Å². The summed E-state index contributed by atoms with van der Waals surface area (Å²) in [7, 11) is 1.89. The summed E-state index contributed by atoms with van der Waals surface area (Å²) in [5, 5.41) is 5.93. The fourth-order valence-electron chi connectivity index (χ4n) is 2.41. The Morgan fingerprint density at radius 1 is 1.27 bits per heavy atom. The molecule has 1 heterocycles. The van der Waals surface area contributed by atoms with Gasteiger partial charge in [0.15, 0.2) is 0 Å². The van der Waals surface area contributed by atoms with Crippen molar-refractivity contribution in [1.82, 2.24) is 5.32 Å². The first-order chi connectivity index (χ1) is 10.8. The number of rotatable bonds is 8. The molecule has 122 valence electrons. The van der Waals surface area contributed by atoms with Gasteiger partial charge in [0.2, 0.25) is 5.91 Å².